The van der Waals surface area contributed by atoms with Gasteiger partial charge in [-0.3, -0.25) is 0 Å². The highest BCUT2D eigenvalue weighted by molar-refractivity contribution is 6.29. The number of ether oxygens (including phenoxy) is 1. The minimum Gasteiger partial charge on any atom is -0.494 e. The Labute approximate surface area is 122 Å². The summed E-state index contributed by atoms with van der Waals surface area (Å²) >= 11 is 6.05. The number of halogens is 2. The predicted molar refractivity (Wildman–Crippen MR) is 77.7 cm³/mol. The Morgan fingerprint density at radius 1 is 1.15 bits per heavy atom. The van der Waals surface area contributed by atoms with Crippen LogP contribution in [-0.4, -0.2) is 17.1 Å². The molecule has 3 nitrogen and oxygen atoms in total. The number of hydrogen-bond donors (Lipinski definition) is 0. The lowest BCUT2D eigenvalue weighted by molar-refractivity contribution is 0.386. The van der Waals surface area contributed by atoms with Crippen molar-refractivity contribution in [2.75, 3.05) is 7.11 Å². The summed E-state index contributed by atoms with van der Waals surface area (Å²) < 4.78 is 18.4. The summed E-state index contributed by atoms with van der Waals surface area (Å²) in [4.78, 5) is 8.71. The van der Waals surface area contributed by atoms with Crippen LogP contribution in [0, 0.1) is 5.82 Å². The van der Waals surface area contributed by atoms with Crippen LogP contribution >= 0.6 is 11.6 Å². The quantitative estimate of drug-likeness (QED) is 0.777. The molecule has 0 saturated heterocycles. The Bertz CT molecular complexity index is 638. The molecule has 0 saturated carbocycles. The fraction of sp³-hybridized carbons (Fsp3) is 0.333. The smallest absolute Gasteiger partial charge is 0.165 e. The van der Waals surface area contributed by atoms with E-state index in [9.17, 15) is 4.39 Å². The van der Waals surface area contributed by atoms with Gasteiger partial charge in [0.05, 0.1) is 12.8 Å². The summed E-state index contributed by atoms with van der Waals surface area (Å²) in [6, 6.07) is 6.24. The van der Waals surface area contributed by atoms with E-state index >= 15 is 0 Å². The van der Waals surface area contributed by atoms with Crippen LogP contribution in [0.3, 0.4) is 0 Å². The Kier molecular flexibility index (Phi) is 3.95. The van der Waals surface area contributed by atoms with Crippen molar-refractivity contribution in [3.63, 3.8) is 0 Å². The van der Waals surface area contributed by atoms with E-state index in [4.69, 9.17) is 16.3 Å². The van der Waals surface area contributed by atoms with Crippen LogP contribution in [0.1, 0.15) is 26.5 Å². The summed E-state index contributed by atoms with van der Waals surface area (Å²) in [6.45, 7) is 6.13. The maximum Gasteiger partial charge on any atom is 0.165 e. The summed E-state index contributed by atoms with van der Waals surface area (Å²) in [5, 5.41) is 0.364. The second-order valence-corrected chi connectivity index (χ2v) is 5.89. The Balaban J connectivity index is 2.55. The third-order valence-electron chi connectivity index (χ3n) is 2.87. The van der Waals surface area contributed by atoms with E-state index in [0.29, 0.717) is 16.5 Å². The van der Waals surface area contributed by atoms with Crippen LogP contribution in [0.2, 0.25) is 5.15 Å². The lowest BCUT2D eigenvalue weighted by atomic mass is 9.92. The van der Waals surface area contributed by atoms with Gasteiger partial charge in [0.25, 0.3) is 0 Å². The fourth-order valence-corrected chi connectivity index (χ4v) is 1.91. The molecule has 0 aliphatic heterocycles. The van der Waals surface area contributed by atoms with Gasteiger partial charge in [-0.1, -0.05) is 32.4 Å². The summed E-state index contributed by atoms with van der Waals surface area (Å²) in [5.74, 6) is 0.193. The van der Waals surface area contributed by atoms with Gasteiger partial charge in [-0.2, -0.15) is 0 Å². The van der Waals surface area contributed by atoms with E-state index in [1.807, 2.05) is 20.8 Å². The van der Waals surface area contributed by atoms with Crippen LogP contribution in [0.4, 0.5) is 4.39 Å². The molecule has 0 aliphatic rings. The Morgan fingerprint density at radius 3 is 2.45 bits per heavy atom. The topological polar surface area (TPSA) is 35.0 Å². The third-order valence-corrected chi connectivity index (χ3v) is 3.07. The summed E-state index contributed by atoms with van der Waals surface area (Å²) in [5.41, 5.74) is 1.35. The summed E-state index contributed by atoms with van der Waals surface area (Å²) in [7, 11) is 1.42. The second-order valence-electron chi connectivity index (χ2n) is 5.50. The third kappa shape index (κ3) is 3.07. The number of methoxy groups -OCH3 is 1. The molecule has 0 N–H and O–H groups in total. The highest BCUT2D eigenvalue weighted by atomic mass is 35.5. The molecule has 5 heteroatoms. The van der Waals surface area contributed by atoms with Crippen LogP contribution in [0.15, 0.2) is 24.3 Å². The Morgan fingerprint density at radius 2 is 1.85 bits per heavy atom. The number of nitrogens with zero attached hydrogens (tertiary/aromatic N) is 2. The largest absolute Gasteiger partial charge is 0.494 e. The van der Waals surface area contributed by atoms with Gasteiger partial charge in [0, 0.05) is 11.0 Å². The molecular formula is C15H16ClFN2O. The van der Waals surface area contributed by atoms with E-state index in [0.717, 1.165) is 5.69 Å². The molecule has 2 rings (SSSR count). The highest BCUT2D eigenvalue weighted by Crippen LogP contribution is 2.28. The number of hydrogen-bond acceptors (Lipinski definition) is 3. The minimum atomic E-state index is -0.422. The maximum absolute atomic E-state index is 13.4. The van der Waals surface area contributed by atoms with E-state index in [1.54, 1.807) is 18.2 Å². The average molecular weight is 295 g/mol. The minimum absolute atomic E-state index is 0.147. The standard InChI is InChI=1S/C15H16ClFN2O/c1-15(2,3)12-8-13(16)19-14(18-12)9-5-6-10(17)11(7-9)20-4/h5-8H,1-4H3. The molecule has 0 aliphatic carbocycles. The molecule has 0 radical (unpaired) electrons. The van der Waals surface area contributed by atoms with Gasteiger partial charge >= 0.3 is 0 Å². The Hall–Kier alpha value is -1.68. The van der Waals surface area contributed by atoms with Crippen LogP contribution in [-0.2, 0) is 5.41 Å². The van der Waals surface area contributed by atoms with Crippen LogP contribution < -0.4 is 4.74 Å². The molecule has 20 heavy (non-hydrogen) atoms. The second kappa shape index (κ2) is 5.37. The molecule has 1 heterocycles. The van der Waals surface area contributed by atoms with Crippen molar-refractivity contribution in [2.45, 2.75) is 26.2 Å². The summed E-state index contributed by atoms with van der Waals surface area (Å²) in [6.07, 6.45) is 0. The molecule has 0 amide bonds. The van der Waals surface area contributed by atoms with Gasteiger partial charge in [0.1, 0.15) is 5.15 Å². The van der Waals surface area contributed by atoms with Gasteiger partial charge < -0.3 is 4.74 Å². The van der Waals surface area contributed by atoms with Gasteiger partial charge in [-0.15, -0.1) is 0 Å². The van der Waals surface area contributed by atoms with E-state index in [2.05, 4.69) is 9.97 Å². The van der Waals surface area contributed by atoms with Crippen molar-refractivity contribution in [1.82, 2.24) is 9.97 Å². The average Bonchev–Trinajstić information content (AvgIpc) is 2.37. The fourth-order valence-electron chi connectivity index (χ4n) is 1.73. The van der Waals surface area contributed by atoms with Crippen LogP contribution in [0.5, 0.6) is 5.75 Å². The molecule has 0 spiro atoms. The predicted octanol–water partition coefficient (Wildman–Crippen LogP) is 4.24. The highest BCUT2D eigenvalue weighted by Gasteiger charge is 2.18. The molecule has 1 aromatic heterocycles. The number of rotatable bonds is 2. The SMILES string of the molecule is COc1cc(-c2nc(Cl)cc(C(C)(C)C)n2)ccc1F. The normalized spacial score (nSPS) is 11.5. The van der Waals surface area contributed by atoms with Gasteiger partial charge in [-0.05, 0) is 24.3 Å². The molecule has 106 valence electrons. The number of benzene rings is 1. The molecule has 2 aromatic rings. The van der Waals surface area contributed by atoms with Crippen molar-refractivity contribution < 1.29 is 9.13 Å². The molecule has 0 atom stereocenters. The zero-order valence-corrected chi connectivity index (χ0v) is 12.6. The zero-order chi connectivity index (χ0) is 14.9. The first-order chi connectivity index (χ1) is 9.31. The molecular weight excluding hydrogens is 279 g/mol. The molecule has 1 aromatic carbocycles. The zero-order valence-electron chi connectivity index (χ0n) is 11.9. The van der Waals surface area contributed by atoms with E-state index < -0.39 is 5.82 Å². The van der Waals surface area contributed by atoms with E-state index in [1.165, 1.54) is 13.2 Å². The first-order valence-electron chi connectivity index (χ1n) is 6.20. The lowest BCUT2D eigenvalue weighted by Crippen LogP contribution is -2.14. The van der Waals surface area contributed by atoms with Gasteiger partial charge in [0.2, 0.25) is 0 Å². The first-order valence-corrected chi connectivity index (χ1v) is 6.58. The van der Waals surface area contributed by atoms with E-state index in [-0.39, 0.29) is 11.2 Å². The van der Waals surface area contributed by atoms with Crippen molar-refractivity contribution >= 4 is 11.6 Å². The number of aromatic nitrogens is 2. The molecule has 0 unspecified atom stereocenters. The van der Waals surface area contributed by atoms with Gasteiger partial charge in [0.15, 0.2) is 17.4 Å². The van der Waals surface area contributed by atoms with Gasteiger partial charge in [-0.25, -0.2) is 14.4 Å². The first kappa shape index (κ1) is 14.7. The monoisotopic (exact) mass is 294 g/mol. The van der Waals surface area contributed by atoms with Crippen molar-refractivity contribution in [2.24, 2.45) is 0 Å². The molecule has 0 bridgehead atoms. The van der Waals surface area contributed by atoms with Crippen molar-refractivity contribution in [3.05, 3.63) is 40.9 Å². The van der Waals surface area contributed by atoms with Crippen molar-refractivity contribution in [1.29, 1.82) is 0 Å². The lowest BCUT2D eigenvalue weighted by Gasteiger charge is -2.18. The molecule has 0 fully saturated rings. The van der Waals surface area contributed by atoms with Crippen LogP contribution in [0.25, 0.3) is 11.4 Å². The van der Waals surface area contributed by atoms with Crippen molar-refractivity contribution in [3.8, 4) is 17.1 Å². The maximum atomic E-state index is 13.4.